The lowest BCUT2D eigenvalue weighted by Crippen LogP contribution is -2.28. The Morgan fingerprint density at radius 2 is 1.83 bits per heavy atom. The van der Waals surface area contributed by atoms with Crippen LogP contribution in [0.4, 0.5) is 5.69 Å². The van der Waals surface area contributed by atoms with Crippen molar-refractivity contribution in [3.05, 3.63) is 59.7 Å². The van der Waals surface area contributed by atoms with Crippen molar-refractivity contribution in [2.75, 3.05) is 45.7 Å². The maximum atomic E-state index is 6.01. The number of nitrogens with zero attached hydrogens (tertiary/aromatic N) is 3. The van der Waals surface area contributed by atoms with E-state index in [0.29, 0.717) is 12.5 Å². The normalized spacial score (nSPS) is 16.0. The van der Waals surface area contributed by atoms with E-state index in [0.717, 1.165) is 36.6 Å². The topological polar surface area (TPSA) is 66.1 Å². The molecule has 0 amide bonds. The van der Waals surface area contributed by atoms with Crippen LogP contribution in [0.1, 0.15) is 17.5 Å². The molecule has 2 aromatic carbocycles. The molecular weight excluding hydrogens is 477 g/mol. The number of ether oxygens (including phenoxy) is 1. The van der Waals surface area contributed by atoms with Gasteiger partial charge in [0.15, 0.2) is 5.96 Å². The highest BCUT2D eigenvalue weighted by molar-refractivity contribution is 14.0. The first-order valence-corrected chi connectivity index (χ1v) is 9.82. The molecule has 1 aliphatic heterocycles. The molecule has 1 heterocycles. The Labute approximate surface area is 191 Å². The van der Waals surface area contributed by atoms with Crippen LogP contribution in [0.15, 0.2) is 53.5 Å². The van der Waals surface area contributed by atoms with Crippen LogP contribution < -0.4 is 15.8 Å². The van der Waals surface area contributed by atoms with Gasteiger partial charge in [0.05, 0.1) is 13.7 Å². The second kappa shape index (κ2) is 12.0. The van der Waals surface area contributed by atoms with Gasteiger partial charge in [0.25, 0.3) is 0 Å². The Bertz CT molecular complexity index is 781. The van der Waals surface area contributed by atoms with Crippen molar-refractivity contribution in [1.82, 2.24) is 9.80 Å². The van der Waals surface area contributed by atoms with Gasteiger partial charge in [-0.25, -0.2) is 4.99 Å². The van der Waals surface area contributed by atoms with E-state index in [-0.39, 0.29) is 24.0 Å². The summed E-state index contributed by atoms with van der Waals surface area (Å²) in [6.45, 7) is 6.21. The van der Waals surface area contributed by atoms with Crippen LogP contribution in [0.25, 0.3) is 0 Å². The maximum absolute atomic E-state index is 6.01. The molecule has 0 atom stereocenters. The molecule has 0 saturated carbocycles. The minimum absolute atomic E-state index is 0. The van der Waals surface area contributed by atoms with Gasteiger partial charge in [-0.05, 0) is 49.8 Å². The van der Waals surface area contributed by atoms with Crippen molar-refractivity contribution in [1.29, 1.82) is 0 Å². The first kappa shape index (κ1) is 23.4. The quantitative estimate of drug-likeness (QED) is 0.355. The lowest BCUT2D eigenvalue weighted by molar-refractivity contribution is 0.269. The molecule has 6 nitrogen and oxygen atoms in total. The summed E-state index contributed by atoms with van der Waals surface area (Å²) in [6, 6.07) is 16.3. The molecule has 1 aliphatic rings. The van der Waals surface area contributed by atoms with Gasteiger partial charge in [-0.1, -0.05) is 30.3 Å². The van der Waals surface area contributed by atoms with Crippen molar-refractivity contribution in [2.24, 2.45) is 10.7 Å². The number of nitrogens with two attached hydrogens (primary N) is 1. The predicted octanol–water partition coefficient (Wildman–Crippen LogP) is 3.38. The number of guanidine groups is 1. The van der Waals surface area contributed by atoms with Gasteiger partial charge in [-0.2, -0.15) is 0 Å². The van der Waals surface area contributed by atoms with Gasteiger partial charge < -0.3 is 20.7 Å². The Morgan fingerprint density at radius 3 is 2.59 bits per heavy atom. The number of likely N-dealkylation sites (N-methyl/N-ethyl adjacent to an activating group) is 1. The number of nitrogens with one attached hydrogen (secondary N) is 1. The predicted molar refractivity (Wildman–Crippen MR) is 131 cm³/mol. The first-order valence-electron chi connectivity index (χ1n) is 9.82. The van der Waals surface area contributed by atoms with Crippen LogP contribution in [0.5, 0.6) is 5.75 Å². The minimum atomic E-state index is 0. The van der Waals surface area contributed by atoms with Gasteiger partial charge in [-0.15, -0.1) is 24.0 Å². The van der Waals surface area contributed by atoms with Gasteiger partial charge in [0, 0.05) is 31.4 Å². The maximum Gasteiger partial charge on any atom is 0.193 e. The molecule has 0 aliphatic carbocycles. The molecule has 0 bridgehead atoms. The zero-order chi connectivity index (χ0) is 19.8. The van der Waals surface area contributed by atoms with Crippen LogP contribution in [-0.4, -0.2) is 56.1 Å². The minimum Gasteiger partial charge on any atom is -0.497 e. The highest BCUT2D eigenvalue weighted by Gasteiger charge is 2.12. The van der Waals surface area contributed by atoms with Crippen LogP contribution in [0, 0.1) is 0 Å². The summed E-state index contributed by atoms with van der Waals surface area (Å²) in [5.41, 5.74) is 9.37. The van der Waals surface area contributed by atoms with Gasteiger partial charge in [0.2, 0.25) is 0 Å². The average Bonchev–Trinajstić information content (AvgIpc) is 2.92. The zero-order valence-corrected chi connectivity index (χ0v) is 19.6. The van der Waals surface area contributed by atoms with Crippen LogP contribution in [0.3, 0.4) is 0 Å². The Balaban J connectivity index is 0.00000300. The fourth-order valence-electron chi connectivity index (χ4n) is 3.33. The molecule has 1 saturated heterocycles. The average molecular weight is 509 g/mol. The molecule has 2 aromatic rings. The molecule has 3 rings (SSSR count). The monoisotopic (exact) mass is 509 g/mol. The number of hydrogen-bond acceptors (Lipinski definition) is 4. The zero-order valence-electron chi connectivity index (χ0n) is 17.3. The molecule has 0 unspecified atom stereocenters. The molecular formula is C22H32IN5O. The number of halogens is 1. The van der Waals surface area contributed by atoms with Gasteiger partial charge in [0.1, 0.15) is 5.75 Å². The third kappa shape index (κ3) is 7.83. The summed E-state index contributed by atoms with van der Waals surface area (Å²) in [5.74, 6) is 1.18. The van der Waals surface area contributed by atoms with E-state index < -0.39 is 0 Å². The Kier molecular flexibility index (Phi) is 9.69. The van der Waals surface area contributed by atoms with E-state index in [2.05, 4.69) is 51.4 Å². The smallest absolute Gasteiger partial charge is 0.193 e. The van der Waals surface area contributed by atoms with Crippen molar-refractivity contribution in [3.8, 4) is 5.75 Å². The number of anilines is 1. The van der Waals surface area contributed by atoms with Gasteiger partial charge in [-0.3, -0.25) is 4.90 Å². The molecule has 0 aromatic heterocycles. The van der Waals surface area contributed by atoms with Crippen molar-refractivity contribution in [3.63, 3.8) is 0 Å². The number of benzene rings is 2. The van der Waals surface area contributed by atoms with E-state index in [9.17, 15) is 0 Å². The van der Waals surface area contributed by atoms with Crippen LogP contribution in [-0.2, 0) is 13.1 Å². The standard InChI is InChI=1S/C22H31N5O.HI/c1-26-11-4-12-27(14-13-26)17-19-9-7-18(8-10-19)16-24-22(23)25-20-5-3-6-21(15-20)28-2;/h3,5-10,15H,4,11-14,16-17H2,1-2H3,(H3,23,24,25);1H. The largest absolute Gasteiger partial charge is 0.497 e. The van der Waals surface area contributed by atoms with Gasteiger partial charge >= 0.3 is 0 Å². The van der Waals surface area contributed by atoms with E-state index in [1.165, 1.54) is 25.1 Å². The number of aliphatic imine (C=N–C) groups is 1. The van der Waals surface area contributed by atoms with E-state index >= 15 is 0 Å². The molecule has 0 radical (unpaired) electrons. The van der Waals surface area contributed by atoms with Crippen molar-refractivity contribution < 1.29 is 4.74 Å². The molecule has 0 spiro atoms. The second-order valence-electron chi connectivity index (χ2n) is 7.31. The third-order valence-corrected chi connectivity index (χ3v) is 5.02. The Hall–Kier alpha value is -1.84. The van der Waals surface area contributed by atoms with E-state index in [1.807, 2.05) is 24.3 Å². The van der Waals surface area contributed by atoms with Crippen molar-refractivity contribution in [2.45, 2.75) is 19.5 Å². The Morgan fingerprint density at radius 1 is 1.07 bits per heavy atom. The fourth-order valence-corrected chi connectivity index (χ4v) is 3.33. The molecule has 29 heavy (non-hydrogen) atoms. The lowest BCUT2D eigenvalue weighted by Gasteiger charge is -2.20. The summed E-state index contributed by atoms with van der Waals surface area (Å²) in [5, 5.41) is 3.10. The van der Waals surface area contributed by atoms with E-state index in [1.54, 1.807) is 7.11 Å². The second-order valence-corrected chi connectivity index (χ2v) is 7.31. The molecule has 7 heteroatoms. The van der Waals surface area contributed by atoms with Crippen LogP contribution >= 0.6 is 24.0 Å². The summed E-state index contributed by atoms with van der Waals surface area (Å²) in [4.78, 5) is 9.38. The number of rotatable bonds is 6. The third-order valence-electron chi connectivity index (χ3n) is 5.02. The summed E-state index contributed by atoms with van der Waals surface area (Å²) >= 11 is 0. The number of hydrogen-bond donors (Lipinski definition) is 2. The SMILES string of the molecule is COc1cccc(NC(N)=NCc2ccc(CN3CCCN(C)CC3)cc2)c1.I. The fraction of sp³-hybridized carbons (Fsp3) is 0.409. The van der Waals surface area contributed by atoms with Crippen LogP contribution in [0.2, 0.25) is 0 Å². The molecule has 3 N–H and O–H groups in total. The highest BCUT2D eigenvalue weighted by atomic mass is 127. The molecule has 158 valence electrons. The number of methoxy groups -OCH3 is 1. The lowest BCUT2D eigenvalue weighted by atomic mass is 10.1. The van der Waals surface area contributed by atoms with E-state index in [4.69, 9.17) is 10.5 Å². The first-order chi connectivity index (χ1) is 13.6. The summed E-state index contributed by atoms with van der Waals surface area (Å²) in [6.07, 6.45) is 1.24. The molecule has 1 fully saturated rings. The highest BCUT2D eigenvalue weighted by Crippen LogP contribution is 2.16. The summed E-state index contributed by atoms with van der Waals surface area (Å²) in [7, 11) is 3.85. The van der Waals surface area contributed by atoms with Crippen molar-refractivity contribution >= 4 is 35.6 Å². The summed E-state index contributed by atoms with van der Waals surface area (Å²) < 4.78 is 5.22.